The first-order valence-corrected chi connectivity index (χ1v) is 7.84. The molecule has 1 heterocycles. The van der Waals surface area contributed by atoms with Crippen LogP contribution in [0.5, 0.6) is 5.75 Å². The van der Waals surface area contributed by atoms with Gasteiger partial charge >= 0.3 is 6.03 Å². The highest BCUT2D eigenvalue weighted by Gasteiger charge is 2.54. The third-order valence-corrected chi connectivity index (χ3v) is 4.68. The summed E-state index contributed by atoms with van der Waals surface area (Å²) in [6.07, 6.45) is 0. The molecule has 0 radical (unpaired) electrons. The summed E-state index contributed by atoms with van der Waals surface area (Å²) in [5.74, 6) is -0.933. The Morgan fingerprint density at radius 2 is 1.64 bits per heavy atom. The van der Waals surface area contributed by atoms with Crippen LogP contribution in [0.3, 0.4) is 0 Å². The lowest BCUT2D eigenvalue weighted by Gasteiger charge is -2.29. The minimum atomic E-state index is -1.36. The van der Waals surface area contributed by atoms with Crippen LogP contribution < -0.4 is 0 Å². The molecule has 1 unspecified atom stereocenters. The molecule has 2 aromatic rings. The lowest BCUT2D eigenvalue weighted by atomic mass is 9.90. The molecule has 0 spiro atoms. The number of nitrogens with zero attached hydrogens (tertiary/aromatic N) is 2. The molecule has 128 valence electrons. The zero-order chi connectivity index (χ0) is 18.2. The third-order valence-electron chi connectivity index (χ3n) is 4.68. The Labute approximate surface area is 145 Å². The highest BCUT2D eigenvalue weighted by Crippen LogP contribution is 2.39. The Bertz CT molecular complexity index is 850. The number of hydrogen-bond donors (Lipinski definition) is 1. The molecule has 1 saturated heterocycles. The minimum Gasteiger partial charge on any atom is -0.508 e. The van der Waals surface area contributed by atoms with Gasteiger partial charge in [-0.2, -0.15) is 0 Å². The molecular weight excluding hydrogens is 320 g/mol. The van der Waals surface area contributed by atoms with Crippen LogP contribution in [-0.4, -0.2) is 46.2 Å². The fourth-order valence-corrected chi connectivity index (χ4v) is 3.05. The summed E-state index contributed by atoms with van der Waals surface area (Å²) in [6.45, 7) is 1.23. The van der Waals surface area contributed by atoms with Crippen molar-refractivity contribution < 1.29 is 19.5 Å². The van der Waals surface area contributed by atoms with E-state index < -0.39 is 17.5 Å². The van der Waals surface area contributed by atoms with Gasteiger partial charge in [0, 0.05) is 18.2 Å². The number of likely N-dealkylation sites (N-methyl/N-ethyl adjacent to an activating group) is 1. The second-order valence-electron chi connectivity index (χ2n) is 6.11. The van der Waals surface area contributed by atoms with Gasteiger partial charge in [-0.3, -0.25) is 14.5 Å². The largest absolute Gasteiger partial charge is 0.508 e. The molecule has 6 heteroatoms. The number of phenols is 1. The maximum atomic E-state index is 13.0. The number of rotatable bonds is 4. The molecule has 3 rings (SSSR count). The van der Waals surface area contributed by atoms with Gasteiger partial charge in [-0.1, -0.05) is 48.5 Å². The molecule has 1 fully saturated rings. The van der Waals surface area contributed by atoms with Gasteiger partial charge in [-0.15, -0.1) is 0 Å². The van der Waals surface area contributed by atoms with Gasteiger partial charge < -0.3 is 10.0 Å². The van der Waals surface area contributed by atoms with E-state index in [2.05, 4.69) is 0 Å². The van der Waals surface area contributed by atoms with Gasteiger partial charge in [0.2, 0.25) is 0 Å². The molecule has 0 bridgehead atoms. The Kier molecular flexibility index (Phi) is 4.04. The van der Waals surface area contributed by atoms with Crippen molar-refractivity contribution in [1.82, 2.24) is 9.80 Å². The van der Waals surface area contributed by atoms with Crippen LogP contribution in [0.25, 0.3) is 0 Å². The highest BCUT2D eigenvalue weighted by molar-refractivity contribution is 6.11. The van der Waals surface area contributed by atoms with Crippen molar-refractivity contribution in [2.75, 3.05) is 13.6 Å². The van der Waals surface area contributed by atoms with E-state index in [1.165, 1.54) is 18.0 Å². The quantitative estimate of drug-likeness (QED) is 0.686. The number of hydrogen-bond acceptors (Lipinski definition) is 4. The molecule has 1 N–H and O–H groups in total. The number of amides is 3. The minimum absolute atomic E-state index is 0.0748. The Morgan fingerprint density at radius 3 is 2.28 bits per heavy atom. The fourth-order valence-electron chi connectivity index (χ4n) is 3.05. The van der Waals surface area contributed by atoms with Gasteiger partial charge in [0.1, 0.15) is 11.3 Å². The molecule has 6 nitrogen and oxygen atoms in total. The molecule has 0 saturated carbocycles. The fraction of sp³-hybridized carbons (Fsp3) is 0.211. The number of ketones is 1. The van der Waals surface area contributed by atoms with Crippen LogP contribution in [0.1, 0.15) is 22.8 Å². The second-order valence-corrected chi connectivity index (χ2v) is 6.11. The SMILES string of the molecule is CN1C(=O)N(CC(=O)c2ccccc2)C(=O)C1(C)c1ccccc1O. The molecule has 25 heavy (non-hydrogen) atoms. The summed E-state index contributed by atoms with van der Waals surface area (Å²) >= 11 is 0. The zero-order valence-electron chi connectivity index (χ0n) is 14.0. The van der Waals surface area contributed by atoms with Gasteiger partial charge in [0.25, 0.3) is 5.91 Å². The second kappa shape index (κ2) is 6.05. The van der Waals surface area contributed by atoms with Gasteiger partial charge in [-0.25, -0.2) is 4.79 Å². The lowest BCUT2D eigenvalue weighted by molar-refractivity contribution is -0.132. The van der Waals surface area contributed by atoms with Crippen molar-refractivity contribution in [3.63, 3.8) is 0 Å². The van der Waals surface area contributed by atoms with Crippen molar-refractivity contribution in [2.45, 2.75) is 12.5 Å². The summed E-state index contributed by atoms with van der Waals surface area (Å²) in [4.78, 5) is 40.1. The van der Waals surface area contributed by atoms with Crippen LogP contribution in [0.4, 0.5) is 4.79 Å². The molecule has 1 atom stereocenters. The predicted octanol–water partition coefficient (Wildman–Crippen LogP) is 2.38. The van der Waals surface area contributed by atoms with E-state index in [0.29, 0.717) is 11.1 Å². The highest BCUT2D eigenvalue weighted by atomic mass is 16.3. The average Bonchev–Trinajstić information content (AvgIpc) is 2.79. The molecule has 0 aliphatic carbocycles. The standard InChI is InChI=1S/C19H18N2O4/c1-19(14-10-6-7-11-15(14)22)17(24)21(18(25)20(19)2)12-16(23)13-8-4-3-5-9-13/h3-11,22H,12H2,1-2H3. The number of urea groups is 1. The van der Waals surface area contributed by atoms with E-state index in [1.807, 2.05) is 0 Å². The maximum absolute atomic E-state index is 13.0. The Morgan fingerprint density at radius 1 is 1.04 bits per heavy atom. The number of Topliss-reactive ketones (excluding diaryl/α,β-unsaturated/α-hetero) is 1. The van der Waals surface area contributed by atoms with Crippen molar-refractivity contribution in [1.29, 1.82) is 0 Å². The van der Waals surface area contributed by atoms with Gasteiger partial charge in [0.15, 0.2) is 5.78 Å². The van der Waals surface area contributed by atoms with E-state index in [4.69, 9.17) is 0 Å². The summed E-state index contributed by atoms with van der Waals surface area (Å²) in [7, 11) is 1.49. The first kappa shape index (κ1) is 16.7. The lowest BCUT2D eigenvalue weighted by Crippen LogP contribution is -2.42. The normalized spacial score (nSPS) is 20.2. The zero-order valence-corrected chi connectivity index (χ0v) is 14.0. The number of para-hydroxylation sites is 1. The average molecular weight is 338 g/mol. The van der Waals surface area contributed by atoms with E-state index in [1.54, 1.807) is 55.5 Å². The third kappa shape index (κ3) is 2.55. The first-order valence-electron chi connectivity index (χ1n) is 7.84. The Hall–Kier alpha value is -3.15. The summed E-state index contributed by atoms with van der Waals surface area (Å²) in [6, 6.07) is 14.3. The smallest absolute Gasteiger partial charge is 0.328 e. The molecule has 0 aromatic heterocycles. The molecule has 2 aromatic carbocycles. The summed E-state index contributed by atoms with van der Waals surface area (Å²) < 4.78 is 0. The number of benzene rings is 2. The predicted molar refractivity (Wildman–Crippen MR) is 91.1 cm³/mol. The van der Waals surface area contributed by atoms with Crippen LogP contribution in [0, 0.1) is 0 Å². The number of aromatic hydroxyl groups is 1. The van der Waals surface area contributed by atoms with Crippen LogP contribution >= 0.6 is 0 Å². The van der Waals surface area contributed by atoms with Gasteiger partial charge in [-0.05, 0) is 13.0 Å². The van der Waals surface area contributed by atoms with Crippen LogP contribution in [-0.2, 0) is 10.3 Å². The van der Waals surface area contributed by atoms with Crippen molar-refractivity contribution in [3.05, 3.63) is 65.7 Å². The number of carbonyl (C=O) groups is 3. The number of carbonyl (C=O) groups excluding carboxylic acids is 3. The van der Waals surface area contributed by atoms with Crippen LogP contribution in [0.15, 0.2) is 54.6 Å². The van der Waals surface area contributed by atoms with Crippen molar-refractivity contribution in [2.24, 2.45) is 0 Å². The van der Waals surface area contributed by atoms with Crippen molar-refractivity contribution >= 4 is 17.7 Å². The van der Waals surface area contributed by atoms with E-state index in [0.717, 1.165) is 4.90 Å². The monoisotopic (exact) mass is 338 g/mol. The number of phenolic OH excluding ortho intramolecular Hbond substituents is 1. The summed E-state index contributed by atoms with van der Waals surface area (Å²) in [5.41, 5.74) is -0.605. The van der Waals surface area contributed by atoms with Crippen LogP contribution in [0.2, 0.25) is 0 Å². The van der Waals surface area contributed by atoms with E-state index in [9.17, 15) is 19.5 Å². The van der Waals surface area contributed by atoms with Gasteiger partial charge in [0.05, 0.1) is 6.54 Å². The molecule has 1 aliphatic heterocycles. The molecule has 1 aliphatic rings. The van der Waals surface area contributed by atoms with E-state index in [-0.39, 0.29) is 18.1 Å². The Balaban J connectivity index is 1.94. The van der Waals surface area contributed by atoms with Crippen molar-refractivity contribution in [3.8, 4) is 5.75 Å². The topological polar surface area (TPSA) is 77.9 Å². The summed E-state index contributed by atoms with van der Waals surface area (Å²) in [5, 5.41) is 10.1. The number of imide groups is 1. The molecule has 3 amide bonds. The van der Waals surface area contributed by atoms with E-state index >= 15 is 0 Å². The maximum Gasteiger partial charge on any atom is 0.328 e. The first-order chi connectivity index (χ1) is 11.9. The molecular formula is C19H18N2O4.